The number of benzene rings is 2. The van der Waals surface area contributed by atoms with Crippen LogP contribution in [0.1, 0.15) is 78.1 Å². The molecule has 2 aromatic rings. The first-order chi connectivity index (χ1) is 16.6. The van der Waals surface area contributed by atoms with Crippen molar-refractivity contribution in [2.24, 2.45) is 23.7 Å². The van der Waals surface area contributed by atoms with Crippen LogP contribution in [-0.2, 0) is 0 Å². The molecular weight excluding hydrogens is 430 g/mol. The molecule has 0 spiro atoms. The van der Waals surface area contributed by atoms with Gasteiger partial charge in [0.25, 0.3) is 0 Å². The van der Waals surface area contributed by atoms with Gasteiger partial charge in [0.05, 0.1) is 13.2 Å². The maximum atomic E-state index is 14.7. The summed E-state index contributed by atoms with van der Waals surface area (Å²) < 4.78 is 40.7. The van der Waals surface area contributed by atoms with Crippen LogP contribution in [0.3, 0.4) is 0 Å². The molecule has 4 atom stereocenters. The molecule has 2 aliphatic carbocycles. The van der Waals surface area contributed by atoms with E-state index >= 15 is 0 Å². The fourth-order valence-corrected chi connectivity index (χ4v) is 6.19. The summed E-state index contributed by atoms with van der Waals surface area (Å²) in [6, 6.07) is 10.5. The van der Waals surface area contributed by atoms with Gasteiger partial charge in [0, 0.05) is 5.56 Å². The standard InChI is InChI=1S/C30H40F2O2/c1-3-5-7-8-21-11-15-26-23(12-16-25(21)26)20-34-24-13-9-22(10-14-24)27-17-18-28(30(32)29(27)31)33-19-6-4-2/h9-10,13-14,17-18,21,23,25-26H,3-8,11-12,15-16,19-20H2,1-2H3. The van der Waals surface area contributed by atoms with Crippen LogP contribution in [0.4, 0.5) is 8.78 Å². The van der Waals surface area contributed by atoms with Gasteiger partial charge < -0.3 is 9.47 Å². The monoisotopic (exact) mass is 470 g/mol. The number of hydrogen-bond donors (Lipinski definition) is 0. The lowest BCUT2D eigenvalue weighted by molar-refractivity contribution is 0.201. The van der Waals surface area contributed by atoms with Gasteiger partial charge in [0.15, 0.2) is 11.6 Å². The van der Waals surface area contributed by atoms with Gasteiger partial charge in [0.2, 0.25) is 5.82 Å². The molecule has 186 valence electrons. The van der Waals surface area contributed by atoms with E-state index in [2.05, 4.69) is 6.92 Å². The van der Waals surface area contributed by atoms with E-state index in [-0.39, 0.29) is 11.3 Å². The molecule has 0 aromatic heterocycles. The predicted molar refractivity (Wildman–Crippen MR) is 134 cm³/mol. The van der Waals surface area contributed by atoms with Gasteiger partial charge in [-0.25, -0.2) is 4.39 Å². The number of rotatable bonds is 12. The highest BCUT2D eigenvalue weighted by Crippen LogP contribution is 2.52. The molecule has 2 nitrogen and oxygen atoms in total. The minimum absolute atomic E-state index is 0.0240. The summed E-state index contributed by atoms with van der Waals surface area (Å²) in [7, 11) is 0. The third-order valence-electron chi connectivity index (χ3n) is 8.11. The lowest BCUT2D eigenvalue weighted by atomic mass is 9.86. The first-order valence-corrected chi connectivity index (χ1v) is 13.5. The molecule has 0 aliphatic heterocycles. The van der Waals surface area contributed by atoms with E-state index in [0.29, 0.717) is 18.1 Å². The Morgan fingerprint density at radius 2 is 1.44 bits per heavy atom. The van der Waals surface area contributed by atoms with Crippen LogP contribution < -0.4 is 9.47 Å². The Morgan fingerprint density at radius 1 is 0.735 bits per heavy atom. The Morgan fingerprint density at radius 3 is 2.18 bits per heavy atom. The van der Waals surface area contributed by atoms with Gasteiger partial charge in [-0.3, -0.25) is 0 Å². The zero-order valence-electron chi connectivity index (χ0n) is 20.8. The summed E-state index contributed by atoms with van der Waals surface area (Å²) in [6.07, 6.45) is 12.6. The second-order valence-corrected chi connectivity index (χ2v) is 10.3. The van der Waals surface area contributed by atoms with E-state index in [1.165, 1.54) is 57.4 Å². The fraction of sp³-hybridized carbons (Fsp3) is 0.600. The van der Waals surface area contributed by atoms with Gasteiger partial charge in [-0.15, -0.1) is 0 Å². The van der Waals surface area contributed by atoms with Crippen molar-refractivity contribution >= 4 is 0 Å². The largest absolute Gasteiger partial charge is 0.493 e. The van der Waals surface area contributed by atoms with Crippen molar-refractivity contribution in [1.29, 1.82) is 0 Å². The summed E-state index contributed by atoms with van der Waals surface area (Å²) in [6.45, 7) is 5.46. The van der Waals surface area contributed by atoms with Gasteiger partial charge in [-0.1, -0.05) is 58.1 Å². The van der Waals surface area contributed by atoms with Crippen molar-refractivity contribution in [3.05, 3.63) is 48.0 Å². The summed E-state index contributed by atoms with van der Waals surface area (Å²) in [5, 5.41) is 0. The van der Waals surface area contributed by atoms with Gasteiger partial charge in [-0.05, 0) is 85.6 Å². The normalized spacial score (nSPS) is 23.8. The molecule has 0 bridgehead atoms. The Kier molecular flexibility index (Phi) is 8.86. The van der Waals surface area contributed by atoms with E-state index in [4.69, 9.17) is 9.47 Å². The molecule has 2 aromatic carbocycles. The van der Waals surface area contributed by atoms with Crippen molar-refractivity contribution in [1.82, 2.24) is 0 Å². The van der Waals surface area contributed by atoms with E-state index in [1.807, 2.05) is 31.2 Å². The van der Waals surface area contributed by atoms with Crippen LogP contribution in [0.15, 0.2) is 36.4 Å². The number of unbranched alkanes of at least 4 members (excludes halogenated alkanes) is 3. The van der Waals surface area contributed by atoms with E-state index < -0.39 is 11.6 Å². The summed E-state index contributed by atoms with van der Waals surface area (Å²) in [5.74, 6) is 2.28. The topological polar surface area (TPSA) is 18.5 Å². The average Bonchev–Trinajstić information content (AvgIpc) is 3.44. The number of ether oxygens (including phenoxy) is 2. The summed E-state index contributed by atoms with van der Waals surface area (Å²) >= 11 is 0. The Balaban J connectivity index is 1.31. The van der Waals surface area contributed by atoms with Gasteiger partial charge in [-0.2, -0.15) is 4.39 Å². The Bertz CT molecular complexity index is 911. The quantitative estimate of drug-likeness (QED) is 0.289. The minimum Gasteiger partial charge on any atom is -0.493 e. The Labute approximate surface area is 204 Å². The number of fused-ring (bicyclic) bond motifs is 1. The highest BCUT2D eigenvalue weighted by molar-refractivity contribution is 5.66. The van der Waals surface area contributed by atoms with Crippen LogP contribution >= 0.6 is 0 Å². The maximum absolute atomic E-state index is 14.7. The van der Waals surface area contributed by atoms with Crippen LogP contribution in [0.5, 0.6) is 11.5 Å². The highest BCUT2D eigenvalue weighted by atomic mass is 19.2. The first-order valence-electron chi connectivity index (χ1n) is 13.5. The number of halogens is 2. The lowest BCUT2D eigenvalue weighted by Crippen LogP contribution is -2.18. The molecule has 0 N–H and O–H groups in total. The predicted octanol–water partition coefficient (Wildman–Crippen LogP) is 8.82. The highest BCUT2D eigenvalue weighted by Gasteiger charge is 2.44. The number of hydrogen-bond acceptors (Lipinski definition) is 2. The first kappa shape index (κ1) is 25.0. The smallest absolute Gasteiger partial charge is 0.201 e. The molecule has 0 heterocycles. The molecule has 2 aliphatic rings. The summed E-state index contributed by atoms with van der Waals surface area (Å²) in [5.41, 5.74) is 0.876. The lowest BCUT2D eigenvalue weighted by Gasteiger charge is -2.21. The van der Waals surface area contributed by atoms with Crippen molar-refractivity contribution in [3.8, 4) is 22.6 Å². The van der Waals surface area contributed by atoms with Crippen LogP contribution in [-0.4, -0.2) is 13.2 Å². The van der Waals surface area contributed by atoms with Crippen molar-refractivity contribution in [2.75, 3.05) is 13.2 Å². The third kappa shape index (κ3) is 5.75. The second-order valence-electron chi connectivity index (χ2n) is 10.3. The van der Waals surface area contributed by atoms with Crippen LogP contribution in [0.25, 0.3) is 11.1 Å². The van der Waals surface area contributed by atoms with Crippen LogP contribution in [0, 0.1) is 35.3 Å². The van der Waals surface area contributed by atoms with E-state index in [9.17, 15) is 8.78 Å². The van der Waals surface area contributed by atoms with Crippen molar-refractivity contribution in [2.45, 2.75) is 78.1 Å². The summed E-state index contributed by atoms with van der Waals surface area (Å²) in [4.78, 5) is 0. The molecule has 2 fully saturated rings. The zero-order valence-corrected chi connectivity index (χ0v) is 20.8. The molecular formula is C30H40F2O2. The molecule has 4 unspecified atom stereocenters. The SMILES string of the molecule is CCCCCC1CCC2C(COc3ccc(-c4ccc(OCCCC)c(F)c4F)cc3)CCC12. The van der Waals surface area contributed by atoms with Crippen molar-refractivity contribution < 1.29 is 18.3 Å². The van der Waals surface area contributed by atoms with Crippen LogP contribution in [0.2, 0.25) is 0 Å². The molecule has 2 saturated carbocycles. The molecule has 34 heavy (non-hydrogen) atoms. The Hall–Kier alpha value is -2.10. The molecule has 0 amide bonds. The maximum Gasteiger partial charge on any atom is 0.201 e. The second kappa shape index (κ2) is 12.0. The molecule has 4 heteroatoms. The zero-order chi connectivity index (χ0) is 23.9. The third-order valence-corrected chi connectivity index (χ3v) is 8.11. The fourth-order valence-electron chi connectivity index (χ4n) is 6.19. The average molecular weight is 471 g/mol. The molecule has 0 saturated heterocycles. The van der Waals surface area contributed by atoms with Gasteiger partial charge >= 0.3 is 0 Å². The minimum atomic E-state index is -0.922. The van der Waals surface area contributed by atoms with Gasteiger partial charge in [0.1, 0.15) is 5.75 Å². The molecule has 4 rings (SSSR count). The van der Waals surface area contributed by atoms with E-state index in [1.54, 1.807) is 6.07 Å². The van der Waals surface area contributed by atoms with Crippen molar-refractivity contribution in [3.63, 3.8) is 0 Å². The molecule has 0 radical (unpaired) electrons. The van der Waals surface area contributed by atoms with E-state index in [0.717, 1.165) is 43.0 Å².